The van der Waals surface area contributed by atoms with Gasteiger partial charge in [-0.1, -0.05) is 156 Å². The van der Waals surface area contributed by atoms with E-state index in [1.54, 1.807) is 0 Å². The summed E-state index contributed by atoms with van der Waals surface area (Å²) in [5, 5.41) is 35.2. The van der Waals surface area contributed by atoms with Gasteiger partial charge in [-0.15, -0.1) is 0 Å². The predicted octanol–water partition coefficient (Wildman–Crippen LogP) is 18.7. The minimum atomic E-state index is -0.0915. The van der Waals surface area contributed by atoms with E-state index >= 15 is 0 Å². The summed E-state index contributed by atoms with van der Waals surface area (Å²) in [7, 11) is 0. The van der Waals surface area contributed by atoms with E-state index in [2.05, 4.69) is 24.3 Å². The van der Waals surface area contributed by atoms with Crippen molar-refractivity contribution in [3.63, 3.8) is 0 Å². The van der Waals surface area contributed by atoms with Crippen LogP contribution >= 0.6 is 0 Å². The molecule has 4 saturated heterocycles. The van der Waals surface area contributed by atoms with Gasteiger partial charge in [0.1, 0.15) is 71.8 Å². The molecule has 4 unspecified atom stereocenters. The van der Waals surface area contributed by atoms with Crippen molar-refractivity contribution in [1.82, 2.24) is 0 Å². The molecule has 0 radical (unpaired) electrons. The Labute approximate surface area is 527 Å². The minimum absolute atomic E-state index is 0. The summed E-state index contributed by atoms with van der Waals surface area (Å²) in [6, 6.07) is 70.5. The van der Waals surface area contributed by atoms with Crippen LogP contribution in [0.3, 0.4) is 0 Å². The Bertz CT molecular complexity index is 3010. The lowest BCUT2D eigenvalue weighted by atomic mass is 10.0. The maximum absolute atomic E-state index is 8.79. The summed E-state index contributed by atoms with van der Waals surface area (Å²) < 4.78 is 43.9. The first-order valence-corrected chi connectivity index (χ1v) is 26.2. The zero-order valence-corrected chi connectivity index (χ0v) is 45.2. The largest absolute Gasteiger partial charge is 0.491 e. The third kappa shape index (κ3) is 22.9. The topological polar surface area (TPSA) is 182 Å². The molecule has 464 valence electrons. The second kappa shape index (κ2) is 34.8. The molecule has 4 fully saturated rings. The molecule has 0 N–H and O–H groups in total. The van der Waals surface area contributed by atoms with Crippen LogP contribution in [-0.2, 0) is 18.9 Å². The lowest BCUT2D eigenvalue weighted by Crippen LogP contribution is -2.16. The molecule has 0 aromatic heterocycles. The fourth-order valence-electron chi connectivity index (χ4n) is 7.69. The number of rotatable bonds is 16. The lowest BCUT2D eigenvalue weighted by molar-refractivity contribution is 0.202. The Kier molecular flexibility index (Phi) is 30.4. The Morgan fingerprint density at radius 2 is 0.386 bits per heavy atom. The molecule has 4 heterocycles. The third-order valence-corrected chi connectivity index (χ3v) is 13.5. The second-order valence-electron chi connectivity index (χ2n) is 21.0. The van der Waals surface area contributed by atoms with Crippen LogP contribution in [0.1, 0.15) is 109 Å². The summed E-state index contributed by atoms with van der Waals surface area (Å²) in [6.45, 7) is 13.6. The van der Waals surface area contributed by atoms with Gasteiger partial charge in [0.2, 0.25) is 0 Å². The van der Waals surface area contributed by atoms with E-state index in [0.29, 0.717) is 48.7 Å². The fourth-order valence-corrected chi connectivity index (χ4v) is 7.69. The molecule has 8 aromatic carbocycles. The van der Waals surface area contributed by atoms with Gasteiger partial charge < -0.3 is 37.9 Å². The highest BCUT2D eigenvalue weighted by atomic mass is 16.6. The van der Waals surface area contributed by atoms with Gasteiger partial charge >= 0.3 is 0 Å². The van der Waals surface area contributed by atoms with Gasteiger partial charge in [-0.2, -0.15) is 21.0 Å². The maximum Gasteiger partial charge on any atom is 0.123 e. The van der Waals surface area contributed by atoms with E-state index in [0.717, 1.165) is 93.9 Å². The van der Waals surface area contributed by atoms with Crippen LogP contribution in [0.15, 0.2) is 194 Å². The normalized spacial score (nSPS) is 18.4. The average molecular weight is 1190 g/mol. The molecule has 0 aliphatic carbocycles. The van der Waals surface area contributed by atoms with Gasteiger partial charge in [-0.3, -0.25) is 0 Å². The smallest absolute Gasteiger partial charge is 0.123 e. The molecule has 12 rings (SSSR count). The number of hydrogen-bond donors (Lipinski definition) is 0. The van der Waals surface area contributed by atoms with E-state index < -0.39 is 0 Å². The summed E-state index contributed by atoms with van der Waals surface area (Å²) >= 11 is 0. The molecule has 4 aliphatic rings. The van der Waals surface area contributed by atoms with Crippen LogP contribution in [0.4, 0.5) is 0 Å². The van der Waals surface area contributed by atoms with E-state index in [4.69, 9.17) is 58.9 Å². The minimum Gasteiger partial charge on any atom is -0.491 e. The van der Waals surface area contributed by atoms with Crippen molar-refractivity contribution >= 4 is 0 Å². The highest BCUT2D eigenvalue weighted by molar-refractivity contribution is 5.68. The lowest BCUT2D eigenvalue weighted by Gasteiger charge is -2.09. The number of ether oxygens (including phenoxy) is 8. The summed E-state index contributed by atoms with van der Waals surface area (Å²) in [6.07, 6.45) is 0. The Balaban J connectivity index is 0.000000569. The van der Waals surface area contributed by atoms with Crippen molar-refractivity contribution in [1.29, 1.82) is 21.0 Å². The van der Waals surface area contributed by atoms with Crippen molar-refractivity contribution in [2.24, 2.45) is 0 Å². The molecule has 0 amide bonds. The van der Waals surface area contributed by atoms with E-state index in [-0.39, 0.29) is 81.8 Å². The highest BCUT2D eigenvalue weighted by Gasteiger charge is 2.42. The summed E-state index contributed by atoms with van der Waals surface area (Å²) in [4.78, 5) is 0. The molecular weight excluding hydrogens is 1100 g/mol. The summed E-state index contributed by atoms with van der Waals surface area (Å²) in [5.41, 5.74) is 11.1. The zero-order chi connectivity index (χ0) is 56.0. The molecule has 4 atom stereocenters. The number of benzene rings is 8. The van der Waals surface area contributed by atoms with E-state index in [1.165, 1.54) is 0 Å². The van der Waals surface area contributed by atoms with Crippen molar-refractivity contribution in [3.05, 3.63) is 216 Å². The van der Waals surface area contributed by atoms with E-state index in [1.807, 2.05) is 222 Å². The van der Waals surface area contributed by atoms with Gasteiger partial charge in [0, 0.05) is 0 Å². The quantitative estimate of drug-likeness (QED) is 0.0836. The van der Waals surface area contributed by atoms with E-state index in [9.17, 15) is 0 Å². The summed E-state index contributed by atoms with van der Waals surface area (Å²) in [5.74, 6) is 3.39. The van der Waals surface area contributed by atoms with Crippen molar-refractivity contribution in [3.8, 4) is 91.8 Å². The number of nitriles is 4. The first-order chi connectivity index (χ1) is 38.7. The van der Waals surface area contributed by atoms with Crippen LogP contribution < -0.4 is 18.9 Å². The van der Waals surface area contributed by atoms with Gasteiger partial charge in [0.05, 0.1) is 73.0 Å². The number of epoxide rings is 4. The van der Waals surface area contributed by atoms with Gasteiger partial charge in [-0.25, -0.2) is 0 Å². The molecule has 4 aliphatic heterocycles. The average Bonchev–Trinajstić information content (AvgIpc) is 4.06. The molecule has 12 nitrogen and oxygen atoms in total. The first kappa shape index (κ1) is 76.8. The van der Waals surface area contributed by atoms with Crippen molar-refractivity contribution in [2.45, 2.75) is 110 Å². The van der Waals surface area contributed by atoms with Gasteiger partial charge in [0.25, 0.3) is 0 Å². The monoisotopic (exact) mass is 1190 g/mol. The molecule has 88 heavy (non-hydrogen) atoms. The van der Waals surface area contributed by atoms with Gasteiger partial charge in [0.15, 0.2) is 0 Å². The van der Waals surface area contributed by atoms with Gasteiger partial charge in [-0.05, 0) is 169 Å². The fraction of sp³-hybridized carbons (Fsp3) is 0.316. The van der Waals surface area contributed by atoms with Crippen LogP contribution in [0.2, 0.25) is 0 Å². The Morgan fingerprint density at radius 1 is 0.261 bits per heavy atom. The Morgan fingerprint density at radius 3 is 0.500 bits per heavy atom. The van der Waals surface area contributed by atoms with Crippen LogP contribution in [0.25, 0.3) is 44.5 Å². The van der Waals surface area contributed by atoms with Crippen molar-refractivity contribution < 1.29 is 37.9 Å². The maximum atomic E-state index is 8.79. The standard InChI is InChI=1S/4C17H15NO2.8CH4/c4*1-17(12-20-17)11-19-16-8-6-15(7-9-16)14-4-2-13(10-18)3-5-14;;;;;;;;/h4*2-9H,11-12H2,1H3;8*1H4. The first-order valence-electron chi connectivity index (χ1n) is 26.2. The Hall–Kier alpha value is -9.24. The predicted molar refractivity (Wildman–Crippen MR) is 360 cm³/mol. The highest BCUT2D eigenvalue weighted by Crippen LogP contribution is 2.32. The number of hydrogen-bond acceptors (Lipinski definition) is 12. The SMILES string of the molecule is C.C.C.C.C.C.C.C.CC1(COc2ccc(-c3ccc(C#N)cc3)cc2)CO1.CC1(COc2ccc(-c3ccc(C#N)cc3)cc2)CO1.CC1(COc2ccc(-c3ccc(C#N)cc3)cc2)CO1.CC1(COc2ccc(-c3ccc(C#N)cc3)cc2)CO1. The molecule has 8 aromatic rings. The molecule has 0 bridgehead atoms. The van der Waals surface area contributed by atoms with Crippen LogP contribution in [-0.4, -0.2) is 75.3 Å². The van der Waals surface area contributed by atoms with Crippen LogP contribution in [0.5, 0.6) is 23.0 Å². The second-order valence-corrected chi connectivity index (χ2v) is 21.0. The van der Waals surface area contributed by atoms with Crippen molar-refractivity contribution in [2.75, 3.05) is 52.9 Å². The third-order valence-electron chi connectivity index (χ3n) is 13.5. The molecule has 12 heteroatoms. The molecular formula is C76H92N4O8. The molecule has 0 spiro atoms. The molecule has 0 saturated carbocycles. The zero-order valence-electron chi connectivity index (χ0n) is 45.2. The number of nitrogens with zero attached hydrogens (tertiary/aromatic N) is 4. The van der Waals surface area contributed by atoms with Crippen LogP contribution in [0, 0.1) is 45.3 Å².